The average Bonchev–Trinajstić information content (AvgIpc) is 3.25. The lowest BCUT2D eigenvalue weighted by atomic mass is 10.1. The highest BCUT2D eigenvalue weighted by Crippen LogP contribution is 2.36. The molecule has 5 nitrogen and oxygen atoms in total. The van der Waals surface area contributed by atoms with Crippen molar-refractivity contribution in [2.45, 2.75) is 12.6 Å². The fourth-order valence-corrected chi connectivity index (χ4v) is 3.63. The van der Waals surface area contributed by atoms with E-state index in [0.29, 0.717) is 17.2 Å². The molecule has 0 spiro atoms. The molecule has 128 valence electrons. The summed E-state index contributed by atoms with van der Waals surface area (Å²) in [6.07, 6.45) is -3.72. The molecule has 4 aromatic rings. The topological polar surface area (TPSA) is 66.5 Å². The lowest BCUT2D eigenvalue weighted by Crippen LogP contribution is -2.15. The van der Waals surface area contributed by atoms with Gasteiger partial charge in [-0.3, -0.25) is 5.10 Å². The van der Waals surface area contributed by atoms with E-state index in [1.54, 1.807) is 0 Å². The number of anilines is 1. The van der Waals surface area contributed by atoms with Crippen LogP contribution >= 0.6 is 11.3 Å². The molecule has 25 heavy (non-hydrogen) atoms. The zero-order valence-corrected chi connectivity index (χ0v) is 13.6. The van der Waals surface area contributed by atoms with Crippen LogP contribution in [0.3, 0.4) is 0 Å². The lowest BCUT2D eigenvalue weighted by Gasteiger charge is -2.12. The van der Waals surface area contributed by atoms with Gasteiger partial charge in [-0.25, -0.2) is 9.97 Å². The van der Waals surface area contributed by atoms with Gasteiger partial charge in [-0.15, -0.1) is 11.3 Å². The number of pyridine rings is 1. The molecule has 9 heteroatoms. The summed E-state index contributed by atoms with van der Waals surface area (Å²) in [7, 11) is 0. The molecular formula is C16H12F3N5S. The van der Waals surface area contributed by atoms with Gasteiger partial charge in [-0.05, 0) is 17.5 Å². The molecule has 0 saturated heterocycles. The highest BCUT2D eigenvalue weighted by atomic mass is 32.1. The predicted molar refractivity (Wildman–Crippen MR) is 91.7 cm³/mol. The van der Waals surface area contributed by atoms with Gasteiger partial charge >= 0.3 is 6.18 Å². The maximum Gasteiger partial charge on any atom is 0.390 e. The molecular weight excluding hydrogens is 351 g/mol. The molecule has 0 aliphatic carbocycles. The second-order valence-electron chi connectivity index (χ2n) is 5.45. The monoisotopic (exact) mass is 363 g/mol. The van der Waals surface area contributed by atoms with Crippen LogP contribution in [0.2, 0.25) is 0 Å². The standard InChI is InChI=1S/C16H12F3N5S/c17-16(18,19)5-6-20-14-11-4-7-25-13(11)9-2-1-3-10(12(9)23-14)15-21-8-22-24-15/h1-4,7-8H,5-6H2,(H,20,23)(H,21,22,24). The molecule has 0 amide bonds. The normalized spacial score (nSPS) is 12.1. The lowest BCUT2D eigenvalue weighted by molar-refractivity contribution is -0.131. The minimum atomic E-state index is -4.21. The third kappa shape index (κ3) is 3.02. The minimum absolute atomic E-state index is 0.225. The van der Waals surface area contributed by atoms with Crippen molar-refractivity contribution in [2.24, 2.45) is 0 Å². The number of fused-ring (bicyclic) bond motifs is 3. The Morgan fingerprint density at radius 1 is 1.16 bits per heavy atom. The molecule has 0 atom stereocenters. The Kier molecular flexibility index (Phi) is 3.79. The fraction of sp³-hybridized carbons (Fsp3) is 0.188. The molecule has 0 unspecified atom stereocenters. The minimum Gasteiger partial charge on any atom is -0.369 e. The van der Waals surface area contributed by atoms with Crippen molar-refractivity contribution in [3.05, 3.63) is 36.0 Å². The molecule has 3 heterocycles. The molecule has 0 aliphatic rings. The van der Waals surface area contributed by atoms with Crippen molar-refractivity contribution in [3.63, 3.8) is 0 Å². The maximum absolute atomic E-state index is 12.4. The van der Waals surface area contributed by atoms with Crippen LogP contribution in [-0.2, 0) is 0 Å². The largest absolute Gasteiger partial charge is 0.390 e. The van der Waals surface area contributed by atoms with E-state index in [0.717, 1.165) is 21.0 Å². The first kappa shape index (κ1) is 15.8. The number of aromatic nitrogens is 4. The molecule has 1 aromatic carbocycles. The van der Waals surface area contributed by atoms with Crippen molar-refractivity contribution in [1.29, 1.82) is 0 Å². The molecule has 0 aliphatic heterocycles. The first-order chi connectivity index (χ1) is 12.0. The van der Waals surface area contributed by atoms with Gasteiger partial charge < -0.3 is 5.32 Å². The number of H-pyrrole nitrogens is 1. The highest BCUT2D eigenvalue weighted by molar-refractivity contribution is 7.18. The predicted octanol–water partition coefficient (Wildman–Crippen LogP) is 4.60. The summed E-state index contributed by atoms with van der Waals surface area (Å²) < 4.78 is 38.3. The van der Waals surface area contributed by atoms with E-state index in [-0.39, 0.29) is 6.54 Å². The second kappa shape index (κ2) is 5.99. The van der Waals surface area contributed by atoms with Crippen molar-refractivity contribution in [3.8, 4) is 11.4 Å². The summed E-state index contributed by atoms with van der Waals surface area (Å²) in [5, 5.41) is 13.1. The Morgan fingerprint density at radius 3 is 2.80 bits per heavy atom. The molecule has 0 saturated carbocycles. The first-order valence-corrected chi connectivity index (χ1v) is 8.37. The number of rotatable bonds is 4. The number of hydrogen-bond acceptors (Lipinski definition) is 5. The van der Waals surface area contributed by atoms with Crippen molar-refractivity contribution in [1.82, 2.24) is 20.2 Å². The SMILES string of the molecule is FC(F)(F)CCNc1nc2c(-c3ncn[nH]3)cccc2c2sccc12. The quantitative estimate of drug-likeness (QED) is 0.556. The summed E-state index contributed by atoms with van der Waals surface area (Å²) in [6.45, 7) is -0.225. The summed E-state index contributed by atoms with van der Waals surface area (Å²) >= 11 is 1.53. The number of nitrogens with one attached hydrogen (secondary N) is 2. The van der Waals surface area contributed by atoms with Crippen LogP contribution in [-0.4, -0.2) is 32.9 Å². The highest BCUT2D eigenvalue weighted by Gasteiger charge is 2.26. The fourth-order valence-electron chi connectivity index (χ4n) is 2.71. The van der Waals surface area contributed by atoms with E-state index in [9.17, 15) is 13.2 Å². The van der Waals surface area contributed by atoms with Crippen LogP contribution < -0.4 is 5.32 Å². The molecule has 0 radical (unpaired) electrons. The molecule has 4 rings (SSSR count). The zero-order valence-electron chi connectivity index (χ0n) is 12.8. The van der Waals surface area contributed by atoms with Crippen molar-refractivity contribution in [2.75, 3.05) is 11.9 Å². The number of thiophene rings is 1. The summed E-state index contributed by atoms with van der Waals surface area (Å²) in [5.74, 6) is 1.01. The van der Waals surface area contributed by atoms with Gasteiger partial charge in [-0.1, -0.05) is 12.1 Å². The number of aromatic amines is 1. The molecule has 0 bridgehead atoms. The van der Waals surface area contributed by atoms with Crippen LogP contribution in [0, 0.1) is 0 Å². The number of para-hydroxylation sites is 1. The Hall–Kier alpha value is -2.68. The Bertz CT molecular complexity index is 1020. The van der Waals surface area contributed by atoms with Gasteiger partial charge in [0.2, 0.25) is 0 Å². The van der Waals surface area contributed by atoms with E-state index >= 15 is 0 Å². The van der Waals surface area contributed by atoms with Crippen LogP contribution in [0.15, 0.2) is 36.0 Å². The number of nitrogens with zero attached hydrogens (tertiary/aromatic N) is 3. The van der Waals surface area contributed by atoms with Gasteiger partial charge in [0.05, 0.1) is 11.9 Å². The molecule has 3 aromatic heterocycles. The number of benzene rings is 1. The maximum atomic E-state index is 12.4. The van der Waals surface area contributed by atoms with Gasteiger partial charge in [0, 0.05) is 27.6 Å². The number of hydrogen-bond donors (Lipinski definition) is 2. The number of halogens is 3. The summed E-state index contributed by atoms with van der Waals surface area (Å²) in [4.78, 5) is 8.75. The van der Waals surface area contributed by atoms with Gasteiger partial charge in [0.1, 0.15) is 12.1 Å². The third-order valence-electron chi connectivity index (χ3n) is 3.80. The van der Waals surface area contributed by atoms with Gasteiger partial charge in [0.25, 0.3) is 0 Å². The Morgan fingerprint density at radius 2 is 2.04 bits per heavy atom. The smallest absolute Gasteiger partial charge is 0.369 e. The van der Waals surface area contributed by atoms with Gasteiger partial charge in [0.15, 0.2) is 5.82 Å². The van der Waals surface area contributed by atoms with Crippen LogP contribution in [0.4, 0.5) is 19.0 Å². The van der Waals surface area contributed by atoms with Gasteiger partial charge in [-0.2, -0.15) is 18.3 Å². The van der Waals surface area contributed by atoms with Crippen molar-refractivity contribution >= 4 is 38.1 Å². The van der Waals surface area contributed by atoms with Crippen molar-refractivity contribution < 1.29 is 13.2 Å². The van der Waals surface area contributed by atoms with E-state index in [1.165, 1.54) is 17.7 Å². The molecule has 2 N–H and O–H groups in total. The summed E-state index contributed by atoms with van der Waals surface area (Å²) in [6, 6.07) is 7.57. The number of alkyl halides is 3. The Labute approximate surface area is 143 Å². The third-order valence-corrected chi connectivity index (χ3v) is 4.74. The summed E-state index contributed by atoms with van der Waals surface area (Å²) in [5.41, 5.74) is 1.42. The van der Waals surface area contributed by atoms with Crippen LogP contribution in [0.5, 0.6) is 0 Å². The first-order valence-electron chi connectivity index (χ1n) is 7.49. The van der Waals surface area contributed by atoms with E-state index in [1.807, 2.05) is 29.6 Å². The Balaban J connectivity index is 1.84. The second-order valence-corrected chi connectivity index (χ2v) is 6.37. The van der Waals surface area contributed by atoms with Crippen LogP contribution in [0.1, 0.15) is 6.42 Å². The zero-order chi connectivity index (χ0) is 17.4. The molecule has 0 fully saturated rings. The van der Waals surface area contributed by atoms with E-state index < -0.39 is 12.6 Å². The van der Waals surface area contributed by atoms with E-state index in [4.69, 9.17) is 0 Å². The van der Waals surface area contributed by atoms with E-state index in [2.05, 4.69) is 25.5 Å². The average molecular weight is 363 g/mol. The van der Waals surface area contributed by atoms with Crippen LogP contribution in [0.25, 0.3) is 32.4 Å².